The fraction of sp³-hybridized carbons (Fsp3) is 0.176. The third kappa shape index (κ3) is 5.23. The summed E-state index contributed by atoms with van der Waals surface area (Å²) in [6.07, 6.45) is 0. The average Bonchev–Trinajstić information content (AvgIpc) is 2.53. The first-order chi connectivity index (χ1) is 11.5. The molecule has 2 aromatic rings. The van der Waals surface area contributed by atoms with Gasteiger partial charge in [0.2, 0.25) is 0 Å². The van der Waals surface area contributed by atoms with E-state index in [2.05, 4.69) is 5.32 Å². The van der Waals surface area contributed by atoms with E-state index in [4.69, 9.17) is 28.3 Å². The average molecular weight is 367 g/mol. The normalized spacial score (nSPS) is 10.3. The second-order valence-corrected chi connectivity index (χ2v) is 5.92. The molecule has 0 aliphatic heterocycles. The van der Waals surface area contributed by atoms with Crippen LogP contribution in [0.4, 0.5) is 5.69 Å². The van der Waals surface area contributed by atoms with Gasteiger partial charge in [-0.3, -0.25) is 9.59 Å². The number of carbonyl (C=O) groups excluding carboxylic acids is 2. The van der Waals surface area contributed by atoms with Gasteiger partial charge in [-0.15, -0.1) is 0 Å². The summed E-state index contributed by atoms with van der Waals surface area (Å²) in [4.78, 5) is 25.8. The van der Waals surface area contributed by atoms with Gasteiger partial charge in [-0.25, -0.2) is 0 Å². The Morgan fingerprint density at radius 1 is 1.04 bits per heavy atom. The number of aliphatic hydroxyl groups is 1. The van der Waals surface area contributed by atoms with Crippen LogP contribution in [0, 0.1) is 0 Å². The fourth-order valence-electron chi connectivity index (χ4n) is 2.13. The lowest BCUT2D eigenvalue weighted by Crippen LogP contribution is -2.40. The highest BCUT2D eigenvalue weighted by molar-refractivity contribution is 6.40. The Bertz CT molecular complexity index is 703. The smallest absolute Gasteiger partial charge is 0.313 e. The number of anilines is 1. The van der Waals surface area contributed by atoms with Crippen molar-refractivity contribution in [2.75, 3.05) is 18.5 Å². The van der Waals surface area contributed by atoms with Gasteiger partial charge in [0.05, 0.1) is 6.61 Å². The Kier molecular flexibility index (Phi) is 6.61. The monoisotopic (exact) mass is 366 g/mol. The van der Waals surface area contributed by atoms with Crippen LogP contribution in [0.3, 0.4) is 0 Å². The molecule has 24 heavy (non-hydrogen) atoms. The SMILES string of the molecule is O=C(Nc1cc(Cl)cc(Cl)c1)C(=O)N(CCO)Cc1ccccc1. The molecule has 5 nitrogen and oxygen atoms in total. The van der Waals surface area contributed by atoms with Gasteiger partial charge in [-0.05, 0) is 23.8 Å². The molecule has 7 heteroatoms. The van der Waals surface area contributed by atoms with Crippen LogP contribution in [-0.4, -0.2) is 35.0 Å². The predicted octanol–water partition coefficient (Wildman–Crippen LogP) is 2.95. The summed E-state index contributed by atoms with van der Waals surface area (Å²) in [6.45, 7) is 0.0379. The number of rotatable bonds is 5. The quantitative estimate of drug-likeness (QED) is 0.799. The van der Waals surface area contributed by atoms with E-state index >= 15 is 0 Å². The summed E-state index contributed by atoms with van der Waals surface area (Å²) in [5, 5.41) is 12.3. The number of amides is 2. The standard InChI is InChI=1S/C17H16Cl2N2O3/c18-13-8-14(19)10-15(9-13)20-16(23)17(24)21(6-7-22)11-12-4-2-1-3-5-12/h1-5,8-10,22H,6-7,11H2,(H,20,23). The molecule has 0 spiro atoms. The Labute approximate surface area is 149 Å². The third-order valence-corrected chi connectivity index (χ3v) is 3.62. The van der Waals surface area contributed by atoms with Crippen LogP contribution >= 0.6 is 23.2 Å². The van der Waals surface area contributed by atoms with E-state index in [0.717, 1.165) is 5.56 Å². The molecule has 0 saturated heterocycles. The molecule has 2 N–H and O–H groups in total. The number of hydrogen-bond acceptors (Lipinski definition) is 3. The lowest BCUT2D eigenvalue weighted by Gasteiger charge is -2.21. The van der Waals surface area contributed by atoms with Crippen molar-refractivity contribution in [3.05, 3.63) is 64.1 Å². The molecule has 0 atom stereocenters. The molecule has 0 aliphatic rings. The molecule has 0 heterocycles. The summed E-state index contributed by atoms with van der Waals surface area (Å²) >= 11 is 11.7. The van der Waals surface area contributed by atoms with Crippen molar-refractivity contribution in [3.8, 4) is 0 Å². The lowest BCUT2D eigenvalue weighted by atomic mass is 10.2. The molecule has 0 bridgehead atoms. The van der Waals surface area contributed by atoms with Crippen molar-refractivity contribution in [3.63, 3.8) is 0 Å². The zero-order valence-electron chi connectivity index (χ0n) is 12.7. The molecule has 0 fully saturated rings. The number of halogens is 2. The minimum Gasteiger partial charge on any atom is -0.395 e. The zero-order valence-corrected chi connectivity index (χ0v) is 14.2. The van der Waals surface area contributed by atoms with Crippen LogP contribution in [-0.2, 0) is 16.1 Å². The first kappa shape index (κ1) is 18.3. The maximum absolute atomic E-state index is 12.3. The molecule has 0 radical (unpaired) electrons. The van der Waals surface area contributed by atoms with Crippen LogP contribution in [0.25, 0.3) is 0 Å². The molecule has 126 valence electrons. The topological polar surface area (TPSA) is 69.6 Å². The van der Waals surface area contributed by atoms with E-state index in [9.17, 15) is 9.59 Å². The Balaban J connectivity index is 2.09. The maximum atomic E-state index is 12.3. The molecule has 2 rings (SSSR count). The second-order valence-electron chi connectivity index (χ2n) is 5.05. The lowest BCUT2D eigenvalue weighted by molar-refractivity contribution is -0.143. The third-order valence-electron chi connectivity index (χ3n) is 3.19. The van der Waals surface area contributed by atoms with Crippen LogP contribution in [0.5, 0.6) is 0 Å². The van der Waals surface area contributed by atoms with Crippen molar-refractivity contribution in [2.45, 2.75) is 6.54 Å². The van der Waals surface area contributed by atoms with Crippen molar-refractivity contribution < 1.29 is 14.7 Å². The van der Waals surface area contributed by atoms with Crippen molar-refractivity contribution in [2.24, 2.45) is 0 Å². The number of nitrogens with zero attached hydrogens (tertiary/aromatic N) is 1. The molecule has 2 aromatic carbocycles. The number of carbonyl (C=O) groups is 2. The highest BCUT2D eigenvalue weighted by atomic mass is 35.5. The summed E-state index contributed by atoms with van der Waals surface area (Å²) in [5.41, 5.74) is 1.19. The molecule has 0 aromatic heterocycles. The Morgan fingerprint density at radius 3 is 2.25 bits per heavy atom. The van der Waals surface area contributed by atoms with Gasteiger partial charge in [0.25, 0.3) is 0 Å². The predicted molar refractivity (Wildman–Crippen MR) is 94.0 cm³/mol. The van der Waals surface area contributed by atoms with E-state index in [1.54, 1.807) is 0 Å². The summed E-state index contributed by atoms with van der Waals surface area (Å²) < 4.78 is 0. The van der Waals surface area contributed by atoms with Crippen molar-refractivity contribution in [1.29, 1.82) is 0 Å². The van der Waals surface area contributed by atoms with Gasteiger partial charge in [0.15, 0.2) is 0 Å². The van der Waals surface area contributed by atoms with Crippen LogP contribution in [0.15, 0.2) is 48.5 Å². The minimum atomic E-state index is -0.822. The second kappa shape index (κ2) is 8.68. The van der Waals surface area contributed by atoms with Gasteiger partial charge in [0.1, 0.15) is 0 Å². The van der Waals surface area contributed by atoms with Gasteiger partial charge in [-0.1, -0.05) is 53.5 Å². The largest absolute Gasteiger partial charge is 0.395 e. The van der Waals surface area contributed by atoms with Crippen LogP contribution in [0.1, 0.15) is 5.56 Å². The molecular weight excluding hydrogens is 351 g/mol. The van der Waals surface area contributed by atoms with Crippen molar-refractivity contribution in [1.82, 2.24) is 4.90 Å². The summed E-state index contributed by atoms with van der Waals surface area (Å²) in [6, 6.07) is 13.7. The first-order valence-electron chi connectivity index (χ1n) is 7.20. The zero-order chi connectivity index (χ0) is 17.5. The number of aliphatic hydroxyl groups excluding tert-OH is 1. The van der Waals surface area contributed by atoms with Crippen LogP contribution in [0.2, 0.25) is 10.0 Å². The number of hydrogen-bond donors (Lipinski definition) is 2. The molecule has 0 unspecified atom stereocenters. The number of nitrogens with one attached hydrogen (secondary N) is 1. The van der Waals surface area contributed by atoms with Gasteiger partial charge in [0, 0.05) is 28.8 Å². The van der Waals surface area contributed by atoms with Gasteiger partial charge in [-0.2, -0.15) is 0 Å². The van der Waals surface area contributed by atoms with E-state index in [0.29, 0.717) is 15.7 Å². The highest BCUT2D eigenvalue weighted by Gasteiger charge is 2.22. The highest BCUT2D eigenvalue weighted by Crippen LogP contribution is 2.22. The van der Waals surface area contributed by atoms with E-state index in [1.165, 1.54) is 23.1 Å². The molecule has 0 aliphatic carbocycles. The molecular formula is C17H16Cl2N2O3. The number of benzene rings is 2. The van der Waals surface area contributed by atoms with Crippen molar-refractivity contribution >= 4 is 40.7 Å². The van der Waals surface area contributed by atoms with E-state index < -0.39 is 11.8 Å². The minimum absolute atomic E-state index is 0.0530. The first-order valence-corrected chi connectivity index (χ1v) is 7.96. The summed E-state index contributed by atoms with van der Waals surface area (Å²) in [7, 11) is 0. The van der Waals surface area contributed by atoms with Gasteiger partial charge < -0.3 is 15.3 Å². The summed E-state index contributed by atoms with van der Waals surface area (Å²) in [5.74, 6) is -1.57. The van der Waals surface area contributed by atoms with Crippen LogP contribution < -0.4 is 5.32 Å². The Morgan fingerprint density at radius 2 is 1.67 bits per heavy atom. The Hall–Kier alpha value is -2.08. The van der Waals surface area contributed by atoms with E-state index in [-0.39, 0.29) is 19.7 Å². The molecule has 0 saturated carbocycles. The maximum Gasteiger partial charge on any atom is 0.313 e. The van der Waals surface area contributed by atoms with Gasteiger partial charge >= 0.3 is 11.8 Å². The fourth-order valence-corrected chi connectivity index (χ4v) is 2.66. The molecule has 2 amide bonds. The van der Waals surface area contributed by atoms with E-state index in [1.807, 2.05) is 30.3 Å².